The molecule has 3 heterocycles. The van der Waals surface area contributed by atoms with E-state index in [4.69, 9.17) is 9.47 Å². The number of fused-ring (bicyclic) bond motifs is 1. The highest BCUT2D eigenvalue weighted by molar-refractivity contribution is 5.98. The molecule has 3 saturated heterocycles. The van der Waals surface area contributed by atoms with Gasteiger partial charge in [0.1, 0.15) is 17.6 Å². The summed E-state index contributed by atoms with van der Waals surface area (Å²) < 4.78 is 12.0. The molecule has 2 unspecified atom stereocenters. The number of hydrogen-bond acceptors (Lipinski definition) is 6. The van der Waals surface area contributed by atoms with Crippen molar-refractivity contribution < 1.29 is 29.0 Å². The molecule has 0 aromatic rings. The van der Waals surface area contributed by atoms with Crippen molar-refractivity contribution in [1.82, 2.24) is 9.80 Å². The number of carbonyl (C=O) groups excluding carboxylic acids is 3. The number of carbonyl (C=O) groups is 3. The summed E-state index contributed by atoms with van der Waals surface area (Å²) in [7, 11) is 0. The van der Waals surface area contributed by atoms with Crippen LogP contribution in [-0.2, 0) is 23.9 Å². The van der Waals surface area contributed by atoms with Crippen LogP contribution in [0.1, 0.15) is 47.0 Å². The summed E-state index contributed by atoms with van der Waals surface area (Å²) >= 11 is 0. The predicted octanol–water partition coefficient (Wildman–Crippen LogP) is 1.67. The minimum Gasteiger partial charge on any atom is -0.465 e. The first kappa shape index (κ1) is 24.5. The number of hydrogen-bond donors (Lipinski definition) is 1. The minimum atomic E-state index is -1.12. The normalized spacial score (nSPS) is 33.9. The molecule has 6 atom stereocenters. The van der Waals surface area contributed by atoms with E-state index in [0.717, 1.165) is 0 Å². The number of amides is 2. The molecule has 2 amide bonds. The number of aliphatic hydroxyl groups is 1. The molecule has 0 aromatic carbocycles. The van der Waals surface area contributed by atoms with E-state index in [9.17, 15) is 19.5 Å². The Kier molecular flexibility index (Phi) is 6.86. The maximum absolute atomic E-state index is 13.9. The van der Waals surface area contributed by atoms with Gasteiger partial charge in [0.15, 0.2) is 0 Å². The van der Waals surface area contributed by atoms with Gasteiger partial charge in [-0.3, -0.25) is 14.4 Å². The van der Waals surface area contributed by atoms with Gasteiger partial charge in [0, 0.05) is 12.6 Å². The van der Waals surface area contributed by atoms with Crippen LogP contribution in [0.5, 0.6) is 0 Å². The second-order valence-electron chi connectivity index (χ2n) is 9.62. The van der Waals surface area contributed by atoms with E-state index in [1.807, 2.05) is 20.8 Å². The Balaban J connectivity index is 2.06. The fourth-order valence-electron chi connectivity index (χ4n) is 5.75. The van der Waals surface area contributed by atoms with Crippen molar-refractivity contribution in [3.05, 3.63) is 25.3 Å². The van der Waals surface area contributed by atoms with E-state index in [1.54, 1.807) is 24.0 Å². The molecule has 0 radical (unpaired) electrons. The van der Waals surface area contributed by atoms with Crippen molar-refractivity contribution in [3.63, 3.8) is 0 Å². The van der Waals surface area contributed by atoms with Gasteiger partial charge in [-0.25, -0.2) is 0 Å². The van der Waals surface area contributed by atoms with E-state index < -0.39 is 41.1 Å². The lowest BCUT2D eigenvalue weighted by Gasteiger charge is -2.39. The molecule has 1 spiro atoms. The van der Waals surface area contributed by atoms with Crippen LogP contribution in [-0.4, -0.2) is 81.8 Å². The van der Waals surface area contributed by atoms with Crippen LogP contribution in [0.3, 0.4) is 0 Å². The van der Waals surface area contributed by atoms with Gasteiger partial charge in [0.05, 0.1) is 30.8 Å². The lowest BCUT2D eigenvalue weighted by molar-refractivity contribution is -0.162. The van der Waals surface area contributed by atoms with Gasteiger partial charge < -0.3 is 24.4 Å². The Labute approximate surface area is 190 Å². The maximum atomic E-state index is 13.9. The molecule has 0 aliphatic carbocycles. The van der Waals surface area contributed by atoms with Crippen molar-refractivity contribution >= 4 is 17.8 Å². The van der Waals surface area contributed by atoms with Crippen molar-refractivity contribution in [2.24, 2.45) is 11.8 Å². The third-order valence-corrected chi connectivity index (χ3v) is 7.24. The molecule has 0 saturated carbocycles. The molecule has 3 aliphatic heterocycles. The van der Waals surface area contributed by atoms with Gasteiger partial charge in [-0.05, 0) is 47.0 Å². The lowest BCUT2D eigenvalue weighted by atomic mass is 9.66. The van der Waals surface area contributed by atoms with Gasteiger partial charge in [0.25, 0.3) is 0 Å². The zero-order chi connectivity index (χ0) is 23.8. The fraction of sp³-hybridized carbons (Fsp3) is 0.708. The zero-order valence-corrected chi connectivity index (χ0v) is 19.6. The summed E-state index contributed by atoms with van der Waals surface area (Å²) in [4.78, 5) is 43.8. The summed E-state index contributed by atoms with van der Waals surface area (Å²) in [6.45, 7) is 14.9. The average molecular weight is 449 g/mol. The maximum Gasteiger partial charge on any atom is 0.312 e. The zero-order valence-electron chi connectivity index (χ0n) is 19.6. The van der Waals surface area contributed by atoms with Gasteiger partial charge in [-0.1, -0.05) is 12.2 Å². The number of nitrogens with zero attached hydrogens (tertiary/aromatic N) is 2. The lowest BCUT2D eigenvalue weighted by Crippen LogP contribution is -2.59. The van der Waals surface area contributed by atoms with Crippen LogP contribution >= 0.6 is 0 Å². The summed E-state index contributed by atoms with van der Waals surface area (Å²) in [5.74, 6) is -2.68. The van der Waals surface area contributed by atoms with Crippen LogP contribution in [0.15, 0.2) is 25.3 Å². The first-order valence-corrected chi connectivity index (χ1v) is 11.4. The Morgan fingerprint density at radius 3 is 2.56 bits per heavy atom. The number of esters is 1. The Bertz CT molecular complexity index is 797. The molecule has 8 nitrogen and oxygen atoms in total. The Morgan fingerprint density at radius 2 is 2.00 bits per heavy atom. The number of ether oxygens (including phenoxy) is 2. The first-order chi connectivity index (χ1) is 15.1. The molecule has 178 valence electrons. The van der Waals surface area contributed by atoms with Crippen LogP contribution in [0.2, 0.25) is 0 Å². The van der Waals surface area contributed by atoms with E-state index in [0.29, 0.717) is 25.8 Å². The summed E-state index contributed by atoms with van der Waals surface area (Å²) in [5.41, 5.74) is -2.00. The third-order valence-electron chi connectivity index (χ3n) is 7.24. The van der Waals surface area contributed by atoms with Gasteiger partial charge in [-0.15, -0.1) is 13.2 Å². The fourth-order valence-corrected chi connectivity index (χ4v) is 5.75. The van der Waals surface area contributed by atoms with E-state index in [-0.39, 0.29) is 31.1 Å². The summed E-state index contributed by atoms with van der Waals surface area (Å²) in [5, 5.41) is 9.89. The first-order valence-electron chi connectivity index (χ1n) is 11.4. The summed E-state index contributed by atoms with van der Waals surface area (Å²) in [6, 6.07) is -1.63. The molecule has 8 heteroatoms. The van der Waals surface area contributed by atoms with Crippen LogP contribution in [0.25, 0.3) is 0 Å². The second-order valence-corrected chi connectivity index (χ2v) is 9.62. The molecule has 32 heavy (non-hydrogen) atoms. The highest BCUT2D eigenvalue weighted by atomic mass is 16.6. The van der Waals surface area contributed by atoms with E-state index in [1.165, 1.54) is 4.90 Å². The van der Waals surface area contributed by atoms with Crippen LogP contribution in [0.4, 0.5) is 0 Å². The third kappa shape index (κ3) is 3.57. The number of likely N-dealkylation sites (tertiary alicyclic amines) is 1. The van der Waals surface area contributed by atoms with Gasteiger partial charge in [0.2, 0.25) is 11.8 Å². The molecule has 3 rings (SSSR count). The van der Waals surface area contributed by atoms with Crippen molar-refractivity contribution in [2.45, 2.75) is 76.3 Å². The summed E-state index contributed by atoms with van der Waals surface area (Å²) in [6.07, 6.45) is 4.86. The van der Waals surface area contributed by atoms with Crippen LogP contribution < -0.4 is 0 Å². The molecule has 3 fully saturated rings. The predicted molar refractivity (Wildman–Crippen MR) is 118 cm³/mol. The second kappa shape index (κ2) is 8.98. The minimum absolute atomic E-state index is 0.119. The smallest absolute Gasteiger partial charge is 0.312 e. The number of aliphatic hydroxyl groups excluding tert-OH is 1. The standard InChI is InChI=1S/C24H36N2O6/c1-7-9-13-31-22(30)18-17-20(28)26(16(5)14-27)19(21(29)25(12-8-2)15(3)4)24(17)11-10-23(18,6)32-24/h7-8,15-19,27H,1-2,9-14H2,3-6H3/t16-,17+,18-,19?,23+,24?/m1/s1. The Morgan fingerprint density at radius 1 is 1.31 bits per heavy atom. The molecule has 1 N–H and O–H groups in total. The molecule has 3 aliphatic rings. The molecular weight excluding hydrogens is 412 g/mol. The highest BCUT2D eigenvalue weighted by Crippen LogP contribution is 2.63. The molecule has 2 bridgehead atoms. The van der Waals surface area contributed by atoms with Crippen molar-refractivity contribution in [2.75, 3.05) is 19.8 Å². The highest BCUT2D eigenvalue weighted by Gasteiger charge is 2.78. The van der Waals surface area contributed by atoms with Crippen molar-refractivity contribution in [1.29, 1.82) is 0 Å². The van der Waals surface area contributed by atoms with Gasteiger partial charge >= 0.3 is 5.97 Å². The van der Waals surface area contributed by atoms with Crippen LogP contribution in [0, 0.1) is 11.8 Å². The van der Waals surface area contributed by atoms with Gasteiger partial charge in [-0.2, -0.15) is 0 Å². The van der Waals surface area contributed by atoms with E-state index in [2.05, 4.69) is 13.2 Å². The topological polar surface area (TPSA) is 96.4 Å². The quantitative estimate of drug-likeness (QED) is 0.310. The Hall–Kier alpha value is -2.19. The number of rotatable bonds is 10. The molecular formula is C24H36N2O6. The molecule has 0 aromatic heterocycles. The van der Waals surface area contributed by atoms with E-state index >= 15 is 0 Å². The largest absolute Gasteiger partial charge is 0.465 e. The monoisotopic (exact) mass is 448 g/mol. The van der Waals surface area contributed by atoms with Crippen molar-refractivity contribution in [3.8, 4) is 0 Å². The average Bonchev–Trinajstić information content (AvgIpc) is 3.31. The SMILES string of the molecule is C=CCCOC(=O)[C@H]1[C@H]2C(=O)N([C@H](C)CO)C(C(=O)N(CC=C)C(C)C)C23CC[C@]1(C)O3.